The molecule has 0 aromatic heterocycles. The molecular weight excluding hydrogens is 186 g/mol. The van der Waals surface area contributed by atoms with Crippen LogP contribution in [0.2, 0.25) is 0 Å². The van der Waals surface area contributed by atoms with Gasteiger partial charge in [0.05, 0.1) is 18.4 Å². The Bertz CT molecular complexity index is 325. The van der Waals surface area contributed by atoms with Crippen molar-refractivity contribution in [3.63, 3.8) is 0 Å². The van der Waals surface area contributed by atoms with Crippen molar-refractivity contribution in [1.82, 2.24) is 0 Å². The Balaban J connectivity index is 3.15. The first kappa shape index (κ1) is 9.92. The van der Waals surface area contributed by atoms with Crippen LogP contribution >= 0.6 is 11.8 Å². The molecule has 2 N–H and O–H groups in total. The van der Waals surface area contributed by atoms with E-state index in [0.29, 0.717) is 11.3 Å². The van der Waals surface area contributed by atoms with Crippen molar-refractivity contribution in [2.45, 2.75) is 4.90 Å². The lowest BCUT2D eigenvalue weighted by Crippen LogP contribution is -2.06. The molecular formula is C9H11NO2S. The lowest BCUT2D eigenvalue weighted by molar-refractivity contribution is 0.0601. The summed E-state index contributed by atoms with van der Waals surface area (Å²) in [5.41, 5.74) is 6.66. The molecule has 1 rings (SSSR count). The number of carbonyl (C=O) groups excluding carboxylic acids is 1. The van der Waals surface area contributed by atoms with E-state index in [1.807, 2.05) is 12.3 Å². The largest absolute Gasteiger partial charge is 0.465 e. The molecule has 0 aliphatic heterocycles. The highest BCUT2D eigenvalue weighted by Crippen LogP contribution is 2.25. The van der Waals surface area contributed by atoms with E-state index in [0.717, 1.165) is 4.90 Å². The van der Waals surface area contributed by atoms with Gasteiger partial charge in [0, 0.05) is 4.90 Å². The fraction of sp³-hybridized carbons (Fsp3) is 0.222. The second-order valence-electron chi connectivity index (χ2n) is 2.41. The van der Waals surface area contributed by atoms with Gasteiger partial charge in [-0.3, -0.25) is 0 Å². The van der Waals surface area contributed by atoms with Crippen molar-refractivity contribution < 1.29 is 9.53 Å². The number of carbonyl (C=O) groups is 1. The molecule has 0 saturated carbocycles. The first-order valence-corrected chi connectivity index (χ1v) is 4.94. The molecule has 1 aromatic rings. The van der Waals surface area contributed by atoms with Gasteiger partial charge in [0.15, 0.2) is 0 Å². The van der Waals surface area contributed by atoms with E-state index in [1.54, 1.807) is 12.1 Å². The predicted molar refractivity (Wildman–Crippen MR) is 54.0 cm³/mol. The minimum atomic E-state index is -0.395. The number of thioether (sulfide) groups is 1. The van der Waals surface area contributed by atoms with Gasteiger partial charge in [0.25, 0.3) is 0 Å². The van der Waals surface area contributed by atoms with E-state index in [4.69, 9.17) is 5.73 Å². The zero-order valence-corrected chi connectivity index (χ0v) is 8.35. The first-order chi connectivity index (χ1) is 6.20. The molecule has 4 heteroatoms. The summed E-state index contributed by atoms with van der Waals surface area (Å²) < 4.78 is 4.59. The quantitative estimate of drug-likeness (QED) is 0.446. The van der Waals surface area contributed by atoms with Gasteiger partial charge in [0.2, 0.25) is 0 Å². The molecule has 70 valence electrons. The molecule has 0 bridgehead atoms. The fourth-order valence-electron chi connectivity index (χ4n) is 1.01. The Kier molecular flexibility index (Phi) is 3.19. The van der Waals surface area contributed by atoms with Crippen LogP contribution in [0, 0.1) is 0 Å². The number of nitrogen functional groups attached to an aromatic ring is 1. The zero-order valence-electron chi connectivity index (χ0n) is 7.53. The summed E-state index contributed by atoms with van der Waals surface area (Å²) in [6.07, 6.45) is 1.91. The van der Waals surface area contributed by atoms with E-state index in [9.17, 15) is 4.79 Å². The number of ether oxygens (including phenoxy) is 1. The fourth-order valence-corrected chi connectivity index (χ4v) is 1.55. The summed E-state index contributed by atoms with van der Waals surface area (Å²) in [5.74, 6) is -0.395. The van der Waals surface area contributed by atoms with Crippen molar-refractivity contribution in [3.8, 4) is 0 Å². The molecule has 0 spiro atoms. The molecule has 13 heavy (non-hydrogen) atoms. The molecule has 0 heterocycles. The highest BCUT2D eigenvalue weighted by atomic mass is 32.2. The van der Waals surface area contributed by atoms with E-state index in [1.165, 1.54) is 18.9 Å². The van der Waals surface area contributed by atoms with Crippen LogP contribution in [0.25, 0.3) is 0 Å². The van der Waals surface area contributed by atoms with Gasteiger partial charge >= 0.3 is 5.97 Å². The van der Waals surface area contributed by atoms with Crippen LogP contribution in [0.3, 0.4) is 0 Å². The molecule has 0 aliphatic carbocycles. The van der Waals surface area contributed by atoms with Crippen molar-refractivity contribution >= 4 is 23.4 Å². The van der Waals surface area contributed by atoms with Crippen molar-refractivity contribution in [2.75, 3.05) is 19.1 Å². The molecule has 0 aliphatic rings. The van der Waals surface area contributed by atoms with Crippen LogP contribution in [0.1, 0.15) is 10.4 Å². The van der Waals surface area contributed by atoms with Crippen LogP contribution < -0.4 is 5.73 Å². The standard InChI is InChI=1S/C9H11NO2S/c1-12-9(11)6-4-3-5-7(13-2)8(6)10/h3-5H,10H2,1-2H3. The van der Waals surface area contributed by atoms with E-state index in [-0.39, 0.29) is 0 Å². The third-order valence-corrected chi connectivity index (χ3v) is 2.49. The topological polar surface area (TPSA) is 52.3 Å². The smallest absolute Gasteiger partial charge is 0.339 e. The summed E-state index contributed by atoms with van der Waals surface area (Å²) in [6.45, 7) is 0. The lowest BCUT2D eigenvalue weighted by Gasteiger charge is -2.06. The molecule has 0 amide bonds. The highest BCUT2D eigenvalue weighted by Gasteiger charge is 2.11. The van der Waals surface area contributed by atoms with Crippen LogP contribution in [0.15, 0.2) is 23.1 Å². The van der Waals surface area contributed by atoms with E-state index >= 15 is 0 Å². The second kappa shape index (κ2) is 4.18. The Labute approximate surface area is 81.3 Å². The number of nitrogens with two attached hydrogens (primary N) is 1. The predicted octanol–water partition coefficient (Wildman–Crippen LogP) is 1.78. The monoisotopic (exact) mass is 197 g/mol. The Morgan fingerprint density at radius 2 is 2.23 bits per heavy atom. The Morgan fingerprint density at radius 1 is 1.54 bits per heavy atom. The van der Waals surface area contributed by atoms with Gasteiger partial charge in [-0.2, -0.15) is 0 Å². The Morgan fingerprint density at radius 3 is 2.77 bits per heavy atom. The van der Waals surface area contributed by atoms with Crippen LogP contribution in [0.4, 0.5) is 5.69 Å². The van der Waals surface area contributed by atoms with Gasteiger partial charge in [-0.15, -0.1) is 11.8 Å². The maximum atomic E-state index is 11.2. The number of hydrogen-bond acceptors (Lipinski definition) is 4. The average molecular weight is 197 g/mol. The SMILES string of the molecule is COC(=O)c1cccc(SC)c1N. The highest BCUT2D eigenvalue weighted by molar-refractivity contribution is 7.98. The molecule has 1 aromatic carbocycles. The first-order valence-electron chi connectivity index (χ1n) is 3.71. The zero-order chi connectivity index (χ0) is 9.84. The molecule has 0 unspecified atom stereocenters. The van der Waals surface area contributed by atoms with Gasteiger partial charge in [0.1, 0.15) is 0 Å². The number of methoxy groups -OCH3 is 1. The molecule has 0 radical (unpaired) electrons. The van der Waals surface area contributed by atoms with Gasteiger partial charge < -0.3 is 10.5 Å². The summed E-state index contributed by atoms with van der Waals surface area (Å²) in [7, 11) is 1.34. The summed E-state index contributed by atoms with van der Waals surface area (Å²) >= 11 is 1.50. The minimum absolute atomic E-state index is 0.395. The van der Waals surface area contributed by atoms with Crippen molar-refractivity contribution in [2.24, 2.45) is 0 Å². The molecule has 3 nitrogen and oxygen atoms in total. The maximum absolute atomic E-state index is 11.2. The number of rotatable bonds is 2. The van der Waals surface area contributed by atoms with Crippen LogP contribution in [-0.4, -0.2) is 19.3 Å². The van der Waals surface area contributed by atoms with E-state index < -0.39 is 5.97 Å². The molecule has 0 fully saturated rings. The van der Waals surface area contributed by atoms with Crippen molar-refractivity contribution in [3.05, 3.63) is 23.8 Å². The number of hydrogen-bond donors (Lipinski definition) is 1. The van der Waals surface area contributed by atoms with Crippen molar-refractivity contribution in [1.29, 1.82) is 0 Å². The summed E-state index contributed by atoms with van der Waals surface area (Å²) in [5, 5.41) is 0. The third kappa shape index (κ3) is 1.95. The molecule has 0 atom stereocenters. The number of benzene rings is 1. The normalized spacial score (nSPS) is 9.69. The number of anilines is 1. The summed E-state index contributed by atoms with van der Waals surface area (Å²) in [4.78, 5) is 12.1. The number of para-hydroxylation sites is 1. The lowest BCUT2D eigenvalue weighted by atomic mass is 10.2. The Hall–Kier alpha value is -1.16. The average Bonchev–Trinajstić information content (AvgIpc) is 2.17. The van der Waals surface area contributed by atoms with Gasteiger partial charge in [-0.05, 0) is 18.4 Å². The maximum Gasteiger partial charge on any atom is 0.339 e. The van der Waals surface area contributed by atoms with Crippen LogP contribution in [-0.2, 0) is 4.74 Å². The minimum Gasteiger partial charge on any atom is -0.465 e. The van der Waals surface area contributed by atoms with Crippen LogP contribution in [0.5, 0.6) is 0 Å². The van der Waals surface area contributed by atoms with E-state index in [2.05, 4.69) is 4.74 Å². The number of esters is 1. The molecule has 0 saturated heterocycles. The second-order valence-corrected chi connectivity index (χ2v) is 3.26. The third-order valence-electron chi connectivity index (χ3n) is 1.69. The van der Waals surface area contributed by atoms with Gasteiger partial charge in [-0.1, -0.05) is 6.07 Å². The van der Waals surface area contributed by atoms with Gasteiger partial charge in [-0.25, -0.2) is 4.79 Å². The summed E-state index contributed by atoms with van der Waals surface area (Å²) in [6, 6.07) is 5.31.